The molecule has 0 N–H and O–H groups in total. The molecule has 0 amide bonds. The average Bonchev–Trinajstić information content (AvgIpc) is 2.70. The summed E-state index contributed by atoms with van der Waals surface area (Å²) < 4.78 is 15.6. The topological polar surface area (TPSA) is 85.6 Å². The second kappa shape index (κ2) is 10.3. The van der Waals surface area contributed by atoms with E-state index in [0.29, 0.717) is 11.3 Å². The molecule has 0 aliphatic rings. The van der Waals surface area contributed by atoms with Crippen molar-refractivity contribution in [2.45, 2.75) is 33.1 Å². The number of nitrogens with zero attached hydrogens (tertiary/aromatic N) is 1. The minimum Gasteiger partial charge on any atom is -0.482 e. The Morgan fingerprint density at radius 1 is 1.07 bits per heavy atom. The minimum absolute atomic E-state index is 0.0373. The molecule has 2 aromatic carbocycles. The molecular formula is C24H25NO5. The number of benzene rings is 2. The quantitative estimate of drug-likeness (QED) is 0.292. The monoisotopic (exact) mass is 407 g/mol. The van der Waals surface area contributed by atoms with E-state index >= 15 is 0 Å². The summed E-state index contributed by atoms with van der Waals surface area (Å²) in [6, 6.07) is 15.9. The molecule has 0 unspecified atom stereocenters. The molecule has 0 saturated carbocycles. The number of esters is 2. The zero-order valence-electron chi connectivity index (χ0n) is 17.6. The van der Waals surface area contributed by atoms with E-state index in [1.807, 2.05) is 24.3 Å². The van der Waals surface area contributed by atoms with Crippen molar-refractivity contribution in [2.75, 3.05) is 13.2 Å². The van der Waals surface area contributed by atoms with E-state index in [0.717, 1.165) is 0 Å². The molecule has 30 heavy (non-hydrogen) atoms. The van der Waals surface area contributed by atoms with Crippen molar-refractivity contribution < 1.29 is 23.8 Å². The summed E-state index contributed by atoms with van der Waals surface area (Å²) in [5.41, 5.74) is 1.60. The number of ether oxygens (including phenoxy) is 3. The van der Waals surface area contributed by atoms with Crippen LogP contribution >= 0.6 is 0 Å². The molecule has 2 rings (SSSR count). The number of hydrogen-bond acceptors (Lipinski definition) is 6. The Morgan fingerprint density at radius 2 is 1.77 bits per heavy atom. The van der Waals surface area contributed by atoms with Crippen LogP contribution in [-0.4, -0.2) is 25.2 Å². The highest BCUT2D eigenvalue weighted by molar-refractivity contribution is 5.97. The first-order valence-corrected chi connectivity index (χ1v) is 9.56. The summed E-state index contributed by atoms with van der Waals surface area (Å²) in [6.07, 6.45) is 1.38. The predicted molar refractivity (Wildman–Crippen MR) is 113 cm³/mol. The van der Waals surface area contributed by atoms with E-state index < -0.39 is 11.9 Å². The van der Waals surface area contributed by atoms with Crippen molar-refractivity contribution in [1.82, 2.24) is 0 Å². The fourth-order valence-electron chi connectivity index (χ4n) is 2.53. The molecule has 0 aliphatic carbocycles. The van der Waals surface area contributed by atoms with Gasteiger partial charge < -0.3 is 14.2 Å². The third-order valence-electron chi connectivity index (χ3n) is 4.09. The van der Waals surface area contributed by atoms with E-state index in [-0.39, 0.29) is 30.0 Å². The smallest absolute Gasteiger partial charge is 0.349 e. The van der Waals surface area contributed by atoms with Crippen LogP contribution in [0.4, 0.5) is 0 Å². The second-order valence-corrected chi connectivity index (χ2v) is 7.50. The fraction of sp³-hybridized carbons (Fsp3) is 0.292. The van der Waals surface area contributed by atoms with E-state index in [9.17, 15) is 9.59 Å². The maximum atomic E-state index is 12.1. The maximum absolute atomic E-state index is 12.1. The highest BCUT2D eigenvalue weighted by Crippen LogP contribution is 2.24. The summed E-state index contributed by atoms with van der Waals surface area (Å²) in [5.74, 6) is -0.415. The van der Waals surface area contributed by atoms with Gasteiger partial charge in [0.05, 0.1) is 6.61 Å². The van der Waals surface area contributed by atoms with Crippen LogP contribution in [0.1, 0.15) is 38.8 Å². The molecule has 0 fully saturated rings. The van der Waals surface area contributed by atoms with Crippen LogP contribution < -0.4 is 9.47 Å². The lowest BCUT2D eigenvalue weighted by atomic mass is 9.87. The van der Waals surface area contributed by atoms with Crippen molar-refractivity contribution in [3.63, 3.8) is 0 Å². The Hall–Kier alpha value is -3.59. The van der Waals surface area contributed by atoms with Crippen LogP contribution in [-0.2, 0) is 19.7 Å². The summed E-state index contributed by atoms with van der Waals surface area (Å²) >= 11 is 0. The van der Waals surface area contributed by atoms with Crippen LogP contribution in [0.3, 0.4) is 0 Å². The van der Waals surface area contributed by atoms with E-state index in [4.69, 9.17) is 19.5 Å². The lowest BCUT2D eigenvalue weighted by Crippen LogP contribution is -2.18. The van der Waals surface area contributed by atoms with Crippen LogP contribution in [0.5, 0.6) is 11.5 Å². The Balaban J connectivity index is 1.98. The van der Waals surface area contributed by atoms with Gasteiger partial charge in [0.2, 0.25) is 0 Å². The molecule has 0 aliphatic heterocycles. The fourth-order valence-corrected chi connectivity index (χ4v) is 2.53. The van der Waals surface area contributed by atoms with Gasteiger partial charge in [0.25, 0.3) is 0 Å². The molecule has 6 nitrogen and oxygen atoms in total. The van der Waals surface area contributed by atoms with Crippen molar-refractivity contribution in [3.8, 4) is 17.6 Å². The number of nitriles is 1. The van der Waals surface area contributed by atoms with Crippen LogP contribution in [0.15, 0.2) is 54.1 Å². The third kappa shape index (κ3) is 6.78. The SMILES string of the molecule is CCOC(=O)/C(C#N)=C/c1cccc(OC(=O)COc2ccc(C(C)(C)C)cc2)c1. The number of carbonyl (C=O) groups excluding carboxylic acids is 2. The normalized spacial score (nSPS) is 11.4. The van der Waals surface area contributed by atoms with Crippen LogP contribution in [0.25, 0.3) is 6.08 Å². The third-order valence-corrected chi connectivity index (χ3v) is 4.09. The summed E-state index contributed by atoms with van der Waals surface area (Å²) in [6.45, 7) is 7.95. The molecule has 0 spiro atoms. The van der Waals surface area contributed by atoms with Gasteiger partial charge in [0, 0.05) is 0 Å². The Morgan fingerprint density at radius 3 is 2.37 bits per heavy atom. The molecule has 0 saturated heterocycles. The summed E-state index contributed by atoms with van der Waals surface area (Å²) in [5, 5.41) is 9.12. The number of rotatable bonds is 7. The molecule has 0 radical (unpaired) electrons. The maximum Gasteiger partial charge on any atom is 0.349 e. The first-order valence-electron chi connectivity index (χ1n) is 9.56. The van der Waals surface area contributed by atoms with Crippen molar-refractivity contribution in [2.24, 2.45) is 0 Å². The molecule has 156 valence electrons. The first-order chi connectivity index (χ1) is 14.2. The van der Waals surface area contributed by atoms with Gasteiger partial charge in [0.15, 0.2) is 6.61 Å². The van der Waals surface area contributed by atoms with Gasteiger partial charge in [-0.2, -0.15) is 5.26 Å². The van der Waals surface area contributed by atoms with E-state index in [2.05, 4.69) is 20.8 Å². The van der Waals surface area contributed by atoms with Crippen LogP contribution in [0, 0.1) is 11.3 Å². The number of carbonyl (C=O) groups is 2. The summed E-state index contributed by atoms with van der Waals surface area (Å²) in [7, 11) is 0. The van der Waals surface area contributed by atoms with Crippen molar-refractivity contribution in [3.05, 3.63) is 65.2 Å². The van der Waals surface area contributed by atoms with Gasteiger partial charge in [-0.05, 0) is 53.8 Å². The molecule has 0 aromatic heterocycles. The van der Waals surface area contributed by atoms with Gasteiger partial charge in [-0.3, -0.25) is 0 Å². The molecule has 0 heterocycles. The van der Waals surface area contributed by atoms with Gasteiger partial charge in [-0.1, -0.05) is 45.0 Å². The lowest BCUT2D eigenvalue weighted by Gasteiger charge is -2.19. The van der Waals surface area contributed by atoms with E-state index in [1.54, 1.807) is 37.3 Å². The van der Waals surface area contributed by atoms with Gasteiger partial charge in [-0.15, -0.1) is 0 Å². The average molecular weight is 407 g/mol. The predicted octanol–water partition coefficient (Wildman–Crippen LogP) is 4.44. The van der Waals surface area contributed by atoms with Crippen molar-refractivity contribution in [1.29, 1.82) is 5.26 Å². The Kier molecular flexibility index (Phi) is 7.76. The second-order valence-electron chi connectivity index (χ2n) is 7.50. The molecule has 6 heteroatoms. The van der Waals surface area contributed by atoms with Crippen LogP contribution in [0.2, 0.25) is 0 Å². The largest absolute Gasteiger partial charge is 0.482 e. The van der Waals surface area contributed by atoms with Gasteiger partial charge in [-0.25, -0.2) is 9.59 Å². The highest BCUT2D eigenvalue weighted by Gasteiger charge is 2.14. The zero-order chi connectivity index (χ0) is 22.1. The van der Waals surface area contributed by atoms with Gasteiger partial charge in [0.1, 0.15) is 23.1 Å². The van der Waals surface area contributed by atoms with Gasteiger partial charge >= 0.3 is 11.9 Å². The number of hydrogen-bond donors (Lipinski definition) is 0. The molecule has 0 bridgehead atoms. The highest BCUT2D eigenvalue weighted by atomic mass is 16.6. The molecular weight excluding hydrogens is 382 g/mol. The zero-order valence-corrected chi connectivity index (χ0v) is 17.6. The minimum atomic E-state index is -0.701. The molecule has 0 atom stereocenters. The first kappa shape index (κ1) is 22.7. The lowest BCUT2D eigenvalue weighted by molar-refractivity contribution is -0.138. The summed E-state index contributed by atoms with van der Waals surface area (Å²) in [4.78, 5) is 23.8. The van der Waals surface area contributed by atoms with Crippen molar-refractivity contribution >= 4 is 18.0 Å². The van der Waals surface area contributed by atoms with E-state index in [1.165, 1.54) is 11.6 Å². The Bertz CT molecular complexity index is 962. The Labute approximate surface area is 176 Å². The molecule has 2 aromatic rings. The standard InChI is InChI=1S/C24H25NO5/c1-5-28-23(27)18(15-25)13-17-7-6-8-21(14-17)30-22(26)16-29-20-11-9-19(10-12-20)24(2,3)4/h6-14H,5,16H2,1-4H3/b18-13+.